The molecule has 1 amide bonds. The second-order valence-electron chi connectivity index (χ2n) is 9.29. The van der Waals surface area contributed by atoms with Gasteiger partial charge in [-0.2, -0.15) is 0 Å². The SMILES string of the molecule is C=CCn1c(SCC(=O)N2CCC(Cc3ccccc3)CC2)nc2sc3c(c2c1=O)CCCC3. The lowest BCUT2D eigenvalue weighted by molar-refractivity contribution is -0.129. The fourth-order valence-electron chi connectivity index (χ4n) is 5.17. The maximum Gasteiger partial charge on any atom is 0.263 e. The first-order chi connectivity index (χ1) is 16.6. The van der Waals surface area contributed by atoms with Crippen molar-refractivity contribution < 1.29 is 4.79 Å². The van der Waals surface area contributed by atoms with Gasteiger partial charge in [-0.05, 0) is 62.0 Å². The van der Waals surface area contributed by atoms with Crippen molar-refractivity contribution in [3.63, 3.8) is 0 Å². The van der Waals surface area contributed by atoms with Crippen molar-refractivity contribution in [1.82, 2.24) is 14.5 Å². The van der Waals surface area contributed by atoms with Crippen LogP contribution in [0.3, 0.4) is 0 Å². The Kier molecular flexibility index (Phi) is 7.21. The molecule has 0 spiro atoms. The number of carbonyl (C=O) groups is 1. The maximum atomic E-state index is 13.4. The molecule has 1 aliphatic heterocycles. The summed E-state index contributed by atoms with van der Waals surface area (Å²) >= 11 is 3.05. The van der Waals surface area contributed by atoms with Crippen molar-refractivity contribution >= 4 is 39.2 Å². The Morgan fingerprint density at radius 1 is 1.18 bits per heavy atom. The molecule has 0 unspecified atom stereocenters. The Labute approximate surface area is 208 Å². The molecule has 3 heterocycles. The van der Waals surface area contributed by atoms with E-state index in [1.54, 1.807) is 22.0 Å². The molecule has 0 saturated carbocycles. The molecule has 0 atom stereocenters. The quantitative estimate of drug-likeness (QED) is 0.261. The molecule has 5 rings (SSSR count). The average Bonchev–Trinajstić information content (AvgIpc) is 3.24. The van der Waals surface area contributed by atoms with Crippen LogP contribution in [0.2, 0.25) is 0 Å². The smallest absolute Gasteiger partial charge is 0.263 e. The summed E-state index contributed by atoms with van der Waals surface area (Å²) in [6, 6.07) is 10.6. The summed E-state index contributed by atoms with van der Waals surface area (Å²) in [6.07, 6.45) is 9.21. The number of aryl methyl sites for hydroxylation is 2. The largest absolute Gasteiger partial charge is 0.342 e. The van der Waals surface area contributed by atoms with Crippen LogP contribution in [-0.4, -0.2) is 39.2 Å². The van der Waals surface area contributed by atoms with E-state index in [1.165, 1.54) is 34.2 Å². The fraction of sp³-hybridized carbons (Fsp3) is 0.444. The molecule has 5 nitrogen and oxygen atoms in total. The van der Waals surface area contributed by atoms with Crippen LogP contribution >= 0.6 is 23.1 Å². The van der Waals surface area contributed by atoms with E-state index < -0.39 is 0 Å². The van der Waals surface area contributed by atoms with E-state index in [1.807, 2.05) is 4.90 Å². The third-order valence-corrected chi connectivity index (χ3v) is 9.16. The van der Waals surface area contributed by atoms with Crippen molar-refractivity contribution in [3.8, 4) is 0 Å². The number of piperidine rings is 1. The molecule has 1 saturated heterocycles. The maximum absolute atomic E-state index is 13.4. The van der Waals surface area contributed by atoms with Crippen molar-refractivity contribution in [3.05, 3.63) is 69.3 Å². The molecule has 2 aliphatic rings. The highest BCUT2D eigenvalue weighted by molar-refractivity contribution is 7.99. The summed E-state index contributed by atoms with van der Waals surface area (Å²) in [6.45, 7) is 5.85. The molecule has 0 bridgehead atoms. The zero-order valence-electron chi connectivity index (χ0n) is 19.5. The Morgan fingerprint density at radius 3 is 2.71 bits per heavy atom. The third kappa shape index (κ3) is 4.86. The summed E-state index contributed by atoms with van der Waals surface area (Å²) in [5, 5.41) is 1.42. The first-order valence-electron chi connectivity index (χ1n) is 12.2. The Hall–Kier alpha value is -2.38. The highest BCUT2D eigenvalue weighted by Gasteiger charge is 2.25. The zero-order chi connectivity index (χ0) is 23.5. The van der Waals surface area contributed by atoms with Gasteiger partial charge in [0.05, 0.1) is 11.1 Å². The lowest BCUT2D eigenvalue weighted by Gasteiger charge is -2.32. The predicted octanol–water partition coefficient (Wildman–Crippen LogP) is 5.10. The summed E-state index contributed by atoms with van der Waals surface area (Å²) in [5.41, 5.74) is 2.59. The Balaban J connectivity index is 1.25. The minimum absolute atomic E-state index is 0.0148. The monoisotopic (exact) mass is 493 g/mol. The summed E-state index contributed by atoms with van der Waals surface area (Å²) in [5.74, 6) is 1.07. The zero-order valence-corrected chi connectivity index (χ0v) is 21.1. The van der Waals surface area contributed by atoms with Gasteiger partial charge in [-0.3, -0.25) is 14.2 Å². The molecule has 178 valence electrons. The number of aromatic nitrogens is 2. The number of thioether (sulfide) groups is 1. The molecule has 0 radical (unpaired) electrons. The van der Waals surface area contributed by atoms with E-state index in [9.17, 15) is 9.59 Å². The van der Waals surface area contributed by atoms with Gasteiger partial charge in [0.25, 0.3) is 5.56 Å². The predicted molar refractivity (Wildman–Crippen MR) is 141 cm³/mol. The summed E-state index contributed by atoms with van der Waals surface area (Å²) in [4.78, 5) is 35.3. The Morgan fingerprint density at radius 2 is 1.94 bits per heavy atom. The van der Waals surface area contributed by atoms with Gasteiger partial charge < -0.3 is 4.90 Å². The molecule has 7 heteroatoms. The van der Waals surface area contributed by atoms with Crippen LogP contribution < -0.4 is 5.56 Å². The number of fused-ring (bicyclic) bond motifs is 3. The van der Waals surface area contributed by atoms with Crippen molar-refractivity contribution in [2.45, 2.75) is 56.6 Å². The van der Waals surface area contributed by atoms with Crippen LogP contribution in [0.15, 0.2) is 52.9 Å². The fourth-order valence-corrected chi connectivity index (χ4v) is 7.39. The molecular weight excluding hydrogens is 462 g/mol. The van der Waals surface area contributed by atoms with Crippen LogP contribution in [0.5, 0.6) is 0 Å². The normalized spacial score (nSPS) is 16.5. The molecule has 0 N–H and O–H groups in total. The van der Waals surface area contributed by atoms with Crippen molar-refractivity contribution in [2.75, 3.05) is 18.8 Å². The molecule has 1 aromatic carbocycles. The van der Waals surface area contributed by atoms with E-state index >= 15 is 0 Å². The van der Waals surface area contributed by atoms with Crippen molar-refractivity contribution in [1.29, 1.82) is 0 Å². The standard InChI is InChI=1S/C27H31N3O2S2/c1-2-14-30-26(32)24-21-10-6-7-11-22(21)34-25(24)28-27(30)33-18-23(31)29-15-12-20(13-16-29)17-19-8-4-3-5-9-19/h2-5,8-9,20H,1,6-7,10-18H2. The number of thiophene rings is 1. The lowest BCUT2D eigenvalue weighted by atomic mass is 9.90. The van der Waals surface area contributed by atoms with Gasteiger partial charge in [0, 0.05) is 24.5 Å². The summed E-state index contributed by atoms with van der Waals surface area (Å²) < 4.78 is 1.70. The topological polar surface area (TPSA) is 55.2 Å². The van der Waals surface area contributed by atoms with Crippen LogP contribution in [0, 0.1) is 5.92 Å². The van der Waals surface area contributed by atoms with Gasteiger partial charge in [-0.25, -0.2) is 4.98 Å². The van der Waals surface area contributed by atoms with E-state index in [0.717, 1.165) is 61.8 Å². The number of amides is 1. The first kappa shape index (κ1) is 23.4. The number of benzene rings is 1. The molecule has 34 heavy (non-hydrogen) atoms. The number of hydrogen-bond acceptors (Lipinski definition) is 5. The van der Waals surface area contributed by atoms with Gasteiger partial charge >= 0.3 is 0 Å². The number of carbonyl (C=O) groups excluding carboxylic acids is 1. The van der Waals surface area contributed by atoms with E-state index in [0.29, 0.717) is 23.4 Å². The number of allylic oxidation sites excluding steroid dienone is 1. The van der Waals surface area contributed by atoms with Crippen LogP contribution in [0.25, 0.3) is 10.2 Å². The number of nitrogens with zero attached hydrogens (tertiary/aromatic N) is 3. The van der Waals surface area contributed by atoms with Crippen LogP contribution in [0.1, 0.15) is 41.7 Å². The molecule has 2 aromatic heterocycles. The highest BCUT2D eigenvalue weighted by Crippen LogP contribution is 2.34. The first-order valence-corrected chi connectivity index (χ1v) is 14.0. The minimum atomic E-state index is 0.0148. The van der Waals surface area contributed by atoms with Gasteiger partial charge in [0.1, 0.15) is 4.83 Å². The van der Waals surface area contributed by atoms with Crippen LogP contribution in [-0.2, 0) is 30.6 Å². The van der Waals surface area contributed by atoms with Gasteiger partial charge in [0.2, 0.25) is 5.91 Å². The highest BCUT2D eigenvalue weighted by atomic mass is 32.2. The van der Waals surface area contributed by atoms with Crippen LogP contribution in [0.4, 0.5) is 0 Å². The second-order valence-corrected chi connectivity index (χ2v) is 11.3. The molecule has 3 aromatic rings. The molecular formula is C27H31N3O2S2. The van der Waals surface area contributed by atoms with Gasteiger partial charge in [0.15, 0.2) is 5.16 Å². The Bertz CT molecular complexity index is 1240. The average molecular weight is 494 g/mol. The minimum Gasteiger partial charge on any atom is -0.342 e. The molecule has 1 fully saturated rings. The van der Waals surface area contributed by atoms with E-state index in [-0.39, 0.29) is 11.5 Å². The second kappa shape index (κ2) is 10.5. The third-order valence-electron chi connectivity index (χ3n) is 7.01. The lowest BCUT2D eigenvalue weighted by Crippen LogP contribution is -2.40. The number of hydrogen-bond donors (Lipinski definition) is 0. The van der Waals surface area contributed by atoms with E-state index in [4.69, 9.17) is 4.98 Å². The van der Waals surface area contributed by atoms with Gasteiger partial charge in [-0.1, -0.05) is 48.2 Å². The number of likely N-dealkylation sites (tertiary alicyclic amines) is 1. The summed E-state index contributed by atoms with van der Waals surface area (Å²) in [7, 11) is 0. The van der Waals surface area contributed by atoms with Crippen molar-refractivity contribution in [2.24, 2.45) is 5.92 Å². The number of rotatable bonds is 7. The molecule has 1 aliphatic carbocycles. The van der Waals surface area contributed by atoms with Gasteiger partial charge in [-0.15, -0.1) is 17.9 Å². The van der Waals surface area contributed by atoms with E-state index in [2.05, 4.69) is 36.9 Å².